The highest BCUT2D eigenvalue weighted by Crippen LogP contribution is 2.25. The Bertz CT molecular complexity index is 444. The molecule has 2 rings (SSSR count). The van der Waals surface area contributed by atoms with Gasteiger partial charge in [-0.05, 0) is 44.7 Å². The molecule has 1 aliphatic carbocycles. The SMILES string of the molecule is Cc1ccc(NC(=O)C(C)NC2CCCC2CO)cc1. The number of aliphatic hydroxyl groups is 1. The summed E-state index contributed by atoms with van der Waals surface area (Å²) in [6.45, 7) is 4.09. The van der Waals surface area contributed by atoms with E-state index < -0.39 is 0 Å². The van der Waals surface area contributed by atoms with Crippen molar-refractivity contribution in [2.24, 2.45) is 5.92 Å². The minimum Gasteiger partial charge on any atom is -0.396 e. The monoisotopic (exact) mass is 276 g/mol. The molecule has 1 aliphatic rings. The third kappa shape index (κ3) is 3.81. The minimum atomic E-state index is -0.256. The summed E-state index contributed by atoms with van der Waals surface area (Å²) in [5, 5.41) is 15.6. The first-order chi connectivity index (χ1) is 9.60. The van der Waals surface area contributed by atoms with Crippen LogP contribution in [0.1, 0.15) is 31.7 Å². The Hall–Kier alpha value is -1.39. The van der Waals surface area contributed by atoms with Crippen molar-refractivity contribution in [2.45, 2.75) is 45.2 Å². The predicted molar refractivity (Wildman–Crippen MR) is 80.6 cm³/mol. The van der Waals surface area contributed by atoms with Crippen LogP contribution in [0.4, 0.5) is 5.69 Å². The maximum absolute atomic E-state index is 12.1. The third-order valence-electron chi connectivity index (χ3n) is 4.07. The summed E-state index contributed by atoms with van der Waals surface area (Å²) in [6.07, 6.45) is 3.20. The number of nitrogens with one attached hydrogen (secondary N) is 2. The molecule has 3 N–H and O–H groups in total. The Kier molecular flexibility index (Phi) is 5.15. The van der Waals surface area contributed by atoms with Crippen LogP contribution in [0.5, 0.6) is 0 Å². The number of carbonyl (C=O) groups excluding carboxylic acids is 1. The van der Waals surface area contributed by atoms with Gasteiger partial charge in [-0.1, -0.05) is 24.1 Å². The topological polar surface area (TPSA) is 61.4 Å². The van der Waals surface area contributed by atoms with Gasteiger partial charge in [0.2, 0.25) is 5.91 Å². The van der Waals surface area contributed by atoms with Crippen LogP contribution in [0.25, 0.3) is 0 Å². The number of anilines is 1. The fraction of sp³-hybridized carbons (Fsp3) is 0.562. The van der Waals surface area contributed by atoms with E-state index in [1.165, 1.54) is 5.56 Å². The lowest BCUT2D eigenvalue weighted by Crippen LogP contribution is -2.46. The van der Waals surface area contributed by atoms with Crippen LogP contribution in [0.3, 0.4) is 0 Å². The van der Waals surface area contributed by atoms with Crippen molar-refractivity contribution in [3.63, 3.8) is 0 Å². The van der Waals surface area contributed by atoms with E-state index in [0.29, 0.717) is 0 Å². The lowest BCUT2D eigenvalue weighted by molar-refractivity contribution is -0.118. The molecule has 0 aliphatic heterocycles. The maximum atomic E-state index is 12.1. The van der Waals surface area contributed by atoms with Crippen molar-refractivity contribution in [3.8, 4) is 0 Å². The zero-order chi connectivity index (χ0) is 14.5. The molecular formula is C16H24N2O2. The molecule has 0 bridgehead atoms. The highest BCUT2D eigenvalue weighted by Gasteiger charge is 2.28. The Morgan fingerprint density at radius 1 is 1.35 bits per heavy atom. The zero-order valence-electron chi connectivity index (χ0n) is 12.2. The minimum absolute atomic E-state index is 0.0301. The van der Waals surface area contributed by atoms with E-state index in [2.05, 4.69) is 10.6 Å². The van der Waals surface area contributed by atoms with Gasteiger partial charge < -0.3 is 15.7 Å². The molecule has 0 radical (unpaired) electrons. The van der Waals surface area contributed by atoms with Crippen LogP contribution in [0, 0.1) is 12.8 Å². The first-order valence-corrected chi connectivity index (χ1v) is 7.34. The van der Waals surface area contributed by atoms with Gasteiger partial charge in [0.15, 0.2) is 0 Å². The second-order valence-electron chi connectivity index (χ2n) is 5.72. The van der Waals surface area contributed by atoms with Crippen LogP contribution in [0.15, 0.2) is 24.3 Å². The van der Waals surface area contributed by atoms with Gasteiger partial charge in [0.25, 0.3) is 0 Å². The molecule has 0 saturated heterocycles. The number of benzene rings is 1. The highest BCUT2D eigenvalue weighted by atomic mass is 16.3. The fourth-order valence-electron chi connectivity index (χ4n) is 2.76. The van der Waals surface area contributed by atoms with Crippen molar-refractivity contribution in [1.82, 2.24) is 5.32 Å². The first-order valence-electron chi connectivity index (χ1n) is 7.34. The lowest BCUT2D eigenvalue weighted by Gasteiger charge is -2.23. The van der Waals surface area contributed by atoms with Crippen molar-refractivity contribution < 1.29 is 9.90 Å². The summed E-state index contributed by atoms with van der Waals surface area (Å²) < 4.78 is 0. The smallest absolute Gasteiger partial charge is 0.241 e. The molecule has 4 heteroatoms. The first kappa shape index (κ1) is 15.0. The molecule has 1 aromatic carbocycles. The summed E-state index contributed by atoms with van der Waals surface area (Å²) in [5.74, 6) is 0.252. The molecule has 110 valence electrons. The Morgan fingerprint density at radius 2 is 2.05 bits per heavy atom. The molecular weight excluding hydrogens is 252 g/mol. The van der Waals surface area contributed by atoms with Gasteiger partial charge in [-0.2, -0.15) is 0 Å². The number of rotatable bonds is 5. The van der Waals surface area contributed by atoms with Crippen molar-refractivity contribution in [3.05, 3.63) is 29.8 Å². The number of aryl methyl sites for hydroxylation is 1. The molecule has 1 amide bonds. The van der Waals surface area contributed by atoms with Crippen molar-refractivity contribution in [2.75, 3.05) is 11.9 Å². The van der Waals surface area contributed by atoms with Crippen LogP contribution in [0.2, 0.25) is 0 Å². The molecule has 20 heavy (non-hydrogen) atoms. The molecule has 0 heterocycles. The second kappa shape index (κ2) is 6.86. The van der Waals surface area contributed by atoms with E-state index in [1.54, 1.807) is 0 Å². The van der Waals surface area contributed by atoms with E-state index in [9.17, 15) is 9.90 Å². The van der Waals surface area contributed by atoms with Gasteiger partial charge in [-0.3, -0.25) is 4.79 Å². The fourth-order valence-corrected chi connectivity index (χ4v) is 2.76. The predicted octanol–water partition coefficient (Wildman–Crippen LogP) is 2.07. The standard InChI is InChI=1S/C16H24N2O2/c1-11-6-8-14(9-7-11)18-16(20)12(2)17-15-5-3-4-13(15)10-19/h6-9,12-13,15,17,19H,3-5,10H2,1-2H3,(H,18,20). The molecule has 3 unspecified atom stereocenters. The summed E-state index contributed by atoms with van der Waals surface area (Å²) in [4.78, 5) is 12.1. The van der Waals surface area contributed by atoms with Crippen LogP contribution >= 0.6 is 0 Å². The molecule has 0 aromatic heterocycles. The summed E-state index contributed by atoms with van der Waals surface area (Å²) in [6, 6.07) is 7.77. The van der Waals surface area contributed by atoms with Crippen molar-refractivity contribution >= 4 is 11.6 Å². The highest BCUT2D eigenvalue weighted by molar-refractivity contribution is 5.94. The maximum Gasteiger partial charge on any atom is 0.241 e. The van der Waals surface area contributed by atoms with Crippen LogP contribution < -0.4 is 10.6 Å². The Labute approximate surface area is 120 Å². The van der Waals surface area contributed by atoms with Gasteiger partial charge in [0, 0.05) is 18.3 Å². The summed E-state index contributed by atoms with van der Waals surface area (Å²) in [5.41, 5.74) is 1.99. The van der Waals surface area contributed by atoms with Crippen LogP contribution in [-0.4, -0.2) is 29.7 Å². The summed E-state index contributed by atoms with van der Waals surface area (Å²) in [7, 11) is 0. The van der Waals surface area contributed by atoms with Crippen LogP contribution in [-0.2, 0) is 4.79 Å². The molecule has 3 atom stereocenters. The van der Waals surface area contributed by atoms with E-state index in [4.69, 9.17) is 0 Å². The van der Waals surface area contributed by atoms with Gasteiger partial charge in [0.1, 0.15) is 0 Å². The van der Waals surface area contributed by atoms with E-state index in [-0.39, 0.29) is 30.5 Å². The van der Waals surface area contributed by atoms with Gasteiger partial charge >= 0.3 is 0 Å². The number of carbonyl (C=O) groups is 1. The number of hydrogen-bond donors (Lipinski definition) is 3. The average Bonchev–Trinajstić information content (AvgIpc) is 2.88. The average molecular weight is 276 g/mol. The molecule has 1 saturated carbocycles. The largest absolute Gasteiger partial charge is 0.396 e. The quantitative estimate of drug-likeness (QED) is 0.771. The Balaban J connectivity index is 1.87. The normalized spacial score (nSPS) is 23.6. The molecule has 0 spiro atoms. The van der Waals surface area contributed by atoms with E-state index in [1.807, 2.05) is 38.1 Å². The second-order valence-corrected chi connectivity index (χ2v) is 5.72. The summed E-state index contributed by atoms with van der Waals surface area (Å²) >= 11 is 0. The van der Waals surface area contributed by atoms with Gasteiger partial charge in [-0.25, -0.2) is 0 Å². The van der Waals surface area contributed by atoms with E-state index in [0.717, 1.165) is 24.9 Å². The third-order valence-corrected chi connectivity index (χ3v) is 4.07. The van der Waals surface area contributed by atoms with Gasteiger partial charge in [-0.15, -0.1) is 0 Å². The van der Waals surface area contributed by atoms with Gasteiger partial charge in [0.05, 0.1) is 6.04 Å². The molecule has 1 aromatic rings. The number of hydrogen-bond acceptors (Lipinski definition) is 3. The zero-order valence-corrected chi connectivity index (χ0v) is 12.2. The lowest BCUT2D eigenvalue weighted by atomic mass is 10.0. The van der Waals surface area contributed by atoms with E-state index >= 15 is 0 Å². The molecule has 1 fully saturated rings. The molecule has 4 nitrogen and oxygen atoms in total. The number of amides is 1. The Morgan fingerprint density at radius 3 is 2.70 bits per heavy atom. The number of aliphatic hydroxyl groups excluding tert-OH is 1. The van der Waals surface area contributed by atoms with Crippen molar-refractivity contribution in [1.29, 1.82) is 0 Å².